The van der Waals surface area contributed by atoms with E-state index in [0.717, 1.165) is 34.6 Å². The van der Waals surface area contributed by atoms with Gasteiger partial charge in [0.1, 0.15) is 5.75 Å². The number of rotatable bonds is 2. The van der Waals surface area contributed by atoms with Crippen LogP contribution in [0.5, 0.6) is 11.6 Å². The third-order valence-electron chi connectivity index (χ3n) is 5.40. The highest BCUT2D eigenvalue weighted by Crippen LogP contribution is 2.34. The summed E-state index contributed by atoms with van der Waals surface area (Å²) in [5.74, 6) is 1.13. The van der Waals surface area contributed by atoms with Crippen LogP contribution >= 0.6 is 0 Å². The first-order chi connectivity index (χ1) is 12.8. The lowest BCUT2D eigenvalue weighted by atomic mass is 9.93. The molecule has 0 radical (unpaired) electrons. The SMILES string of the molecule is Cc1cc(C)c(Oc2cc3n(c(=O)n2)CCc2cc(C)c(C)cc2-3)c(C)c1. The molecule has 3 aromatic rings. The Hall–Kier alpha value is -2.88. The molecule has 0 saturated heterocycles. The summed E-state index contributed by atoms with van der Waals surface area (Å²) in [5, 5.41) is 0. The van der Waals surface area contributed by atoms with Crippen molar-refractivity contribution < 1.29 is 4.74 Å². The van der Waals surface area contributed by atoms with Gasteiger partial charge in [-0.1, -0.05) is 23.8 Å². The summed E-state index contributed by atoms with van der Waals surface area (Å²) in [6.07, 6.45) is 0.849. The highest BCUT2D eigenvalue weighted by atomic mass is 16.5. The van der Waals surface area contributed by atoms with Gasteiger partial charge in [0, 0.05) is 18.2 Å². The summed E-state index contributed by atoms with van der Waals surface area (Å²) in [4.78, 5) is 16.8. The molecule has 4 rings (SSSR count). The predicted molar refractivity (Wildman–Crippen MR) is 108 cm³/mol. The lowest BCUT2D eigenvalue weighted by Crippen LogP contribution is -2.28. The highest BCUT2D eigenvalue weighted by molar-refractivity contribution is 5.68. The summed E-state index contributed by atoms with van der Waals surface area (Å²) in [7, 11) is 0. The quantitative estimate of drug-likeness (QED) is 0.659. The van der Waals surface area contributed by atoms with Gasteiger partial charge in [-0.3, -0.25) is 4.57 Å². The molecule has 2 heterocycles. The molecule has 0 N–H and O–H groups in total. The Morgan fingerprint density at radius 2 is 1.56 bits per heavy atom. The van der Waals surface area contributed by atoms with E-state index < -0.39 is 0 Å². The van der Waals surface area contributed by atoms with Crippen molar-refractivity contribution in [1.29, 1.82) is 0 Å². The van der Waals surface area contributed by atoms with E-state index in [2.05, 4.69) is 50.0 Å². The van der Waals surface area contributed by atoms with Crippen molar-refractivity contribution in [3.63, 3.8) is 0 Å². The molecule has 1 aromatic heterocycles. The van der Waals surface area contributed by atoms with Gasteiger partial charge in [-0.25, -0.2) is 4.79 Å². The summed E-state index contributed by atoms with van der Waals surface area (Å²) in [6, 6.07) is 10.5. The topological polar surface area (TPSA) is 44.1 Å². The van der Waals surface area contributed by atoms with Crippen LogP contribution in [0.4, 0.5) is 0 Å². The summed E-state index contributed by atoms with van der Waals surface area (Å²) in [6.45, 7) is 11.0. The van der Waals surface area contributed by atoms with Gasteiger partial charge >= 0.3 is 5.69 Å². The Labute approximate surface area is 159 Å². The molecule has 4 nitrogen and oxygen atoms in total. The molecule has 0 aliphatic carbocycles. The fraction of sp³-hybridized carbons (Fsp3) is 0.304. The molecule has 0 unspecified atom stereocenters. The molecule has 138 valence electrons. The van der Waals surface area contributed by atoms with Crippen molar-refractivity contribution in [3.05, 3.63) is 74.2 Å². The van der Waals surface area contributed by atoms with Crippen LogP contribution in [0.3, 0.4) is 0 Å². The van der Waals surface area contributed by atoms with Crippen LogP contribution in [0.15, 0.2) is 35.1 Å². The molecule has 4 heteroatoms. The van der Waals surface area contributed by atoms with Gasteiger partial charge in [0.15, 0.2) is 0 Å². The second kappa shape index (κ2) is 6.38. The first-order valence-electron chi connectivity index (χ1n) is 9.31. The Balaban J connectivity index is 1.84. The number of fused-ring (bicyclic) bond motifs is 3. The smallest absolute Gasteiger partial charge is 0.351 e. The molecular weight excluding hydrogens is 336 g/mol. The third-order valence-corrected chi connectivity index (χ3v) is 5.40. The van der Waals surface area contributed by atoms with Gasteiger partial charge in [0.05, 0.1) is 5.69 Å². The standard InChI is InChI=1S/C23H24N2O2/c1-13-8-16(4)22(17(5)9-13)27-21-12-20-19-11-15(3)14(2)10-18(19)6-7-25(20)23(26)24-21/h8-12H,6-7H2,1-5H3. The van der Waals surface area contributed by atoms with Crippen LogP contribution in [0.25, 0.3) is 11.3 Å². The number of hydrogen-bond donors (Lipinski definition) is 0. The molecule has 27 heavy (non-hydrogen) atoms. The largest absolute Gasteiger partial charge is 0.438 e. The minimum Gasteiger partial charge on any atom is -0.438 e. The second-order valence-electron chi connectivity index (χ2n) is 7.59. The zero-order valence-electron chi connectivity index (χ0n) is 16.5. The maximum atomic E-state index is 12.6. The minimum atomic E-state index is -0.256. The van der Waals surface area contributed by atoms with Gasteiger partial charge in [-0.05, 0) is 74.9 Å². The van der Waals surface area contributed by atoms with E-state index in [1.54, 1.807) is 4.57 Å². The number of hydrogen-bond acceptors (Lipinski definition) is 3. The normalized spacial score (nSPS) is 12.5. The highest BCUT2D eigenvalue weighted by Gasteiger charge is 2.20. The Bertz CT molecular complexity index is 1100. The zero-order valence-corrected chi connectivity index (χ0v) is 16.5. The fourth-order valence-electron chi connectivity index (χ4n) is 3.96. The van der Waals surface area contributed by atoms with E-state index in [4.69, 9.17) is 4.74 Å². The van der Waals surface area contributed by atoms with E-state index in [-0.39, 0.29) is 5.69 Å². The van der Waals surface area contributed by atoms with Gasteiger partial charge in [0.2, 0.25) is 5.88 Å². The van der Waals surface area contributed by atoms with Gasteiger partial charge in [-0.2, -0.15) is 4.98 Å². The molecule has 0 bridgehead atoms. The average Bonchev–Trinajstić information content (AvgIpc) is 2.59. The monoisotopic (exact) mass is 360 g/mol. The van der Waals surface area contributed by atoms with Crippen LogP contribution in [0.1, 0.15) is 33.4 Å². The molecule has 0 atom stereocenters. The molecule has 1 aliphatic rings. The summed E-state index contributed by atoms with van der Waals surface area (Å²) in [5.41, 5.74) is 8.78. The van der Waals surface area contributed by atoms with Crippen molar-refractivity contribution in [2.45, 2.75) is 47.6 Å². The molecule has 1 aliphatic heterocycles. The van der Waals surface area contributed by atoms with Gasteiger partial charge < -0.3 is 4.74 Å². The van der Waals surface area contributed by atoms with E-state index in [1.807, 2.05) is 19.9 Å². The Morgan fingerprint density at radius 3 is 2.26 bits per heavy atom. The van der Waals surface area contributed by atoms with Crippen molar-refractivity contribution in [3.8, 4) is 22.9 Å². The van der Waals surface area contributed by atoms with Gasteiger partial charge in [0.25, 0.3) is 0 Å². The van der Waals surface area contributed by atoms with Crippen molar-refractivity contribution in [2.24, 2.45) is 0 Å². The van der Waals surface area contributed by atoms with Crippen LogP contribution in [-0.2, 0) is 13.0 Å². The molecule has 0 saturated carbocycles. The maximum Gasteiger partial charge on any atom is 0.351 e. The fourth-order valence-corrected chi connectivity index (χ4v) is 3.96. The maximum absolute atomic E-state index is 12.6. The van der Waals surface area contributed by atoms with E-state index in [9.17, 15) is 4.79 Å². The zero-order chi connectivity index (χ0) is 19.3. The van der Waals surface area contributed by atoms with Crippen LogP contribution < -0.4 is 10.4 Å². The Kier molecular flexibility index (Phi) is 4.14. The van der Waals surface area contributed by atoms with Crippen LogP contribution in [0, 0.1) is 34.6 Å². The number of nitrogens with zero attached hydrogens (tertiary/aromatic N) is 2. The van der Waals surface area contributed by atoms with Gasteiger partial charge in [-0.15, -0.1) is 0 Å². The minimum absolute atomic E-state index is 0.256. The third kappa shape index (κ3) is 3.05. The average molecular weight is 360 g/mol. The molecule has 0 amide bonds. The lowest BCUT2D eigenvalue weighted by Gasteiger charge is -2.23. The molecular formula is C23H24N2O2. The molecule has 2 aromatic carbocycles. The lowest BCUT2D eigenvalue weighted by molar-refractivity contribution is 0.447. The van der Waals surface area contributed by atoms with E-state index in [0.29, 0.717) is 12.4 Å². The first-order valence-corrected chi connectivity index (χ1v) is 9.31. The Morgan fingerprint density at radius 1 is 0.889 bits per heavy atom. The summed E-state index contributed by atoms with van der Waals surface area (Å²) >= 11 is 0. The summed E-state index contributed by atoms with van der Waals surface area (Å²) < 4.78 is 7.84. The van der Waals surface area contributed by atoms with Crippen molar-refractivity contribution in [2.75, 3.05) is 0 Å². The number of aryl methyl sites for hydroxylation is 6. The van der Waals surface area contributed by atoms with Crippen LogP contribution in [0.2, 0.25) is 0 Å². The van der Waals surface area contributed by atoms with Crippen molar-refractivity contribution >= 4 is 0 Å². The van der Waals surface area contributed by atoms with E-state index in [1.165, 1.54) is 22.3 Å². The second-order valence-corrected chi connectivity index (χ2v) is 7.59. The molecule has 0 spiro atoms. The number of benzene rings is 2. The number of aromatic nitrogens is 2. The van der Waals surface area contributed by atoms with Crippen LogP contribution in [-0.4, -0.2) is 9.55 Å². The number of ether oxygens (including phenoxy) is 1. The first kappa shape index (κ1) is 17.5. The van der Waals surface area contributed by atoms with E-state index >= 15 is 0 Å². The molecule has 0 fully saturated rings. The predicted octanol–water partition coefficient (Wildman–Crippen LogP) is 4.80. The van der Waals surface area contributed by atoms with Crippen molar-refractivity contribution in [1.82, 2.24) is 9.55 Å².